The quantitative estimate of drug-likeness (QED) is 0.361. The maximum atomic E-state index is 13.1. The highest BCUT2D eigenvalue weighted by molar-refractivity contribution is 5.69. The van der Waals surface area contributed by atoms with Crippen molar-refractivity contribution in [1.82, 2.24) is 0 Å². The van der Waals surface area contributed by atoms with Crippen LogP contribution in [0.1, 0.15) is 13.3 Å². The number of hydrogen-bond donors (Lipinski definition) is 0. The van der Waals surface area contributed by atoms with Crippen LogP contribution in [0.5, 0.6) is 5.75 Å². The molecule has 0 aliphatic carbocycles. The fourth-order valence-corrected chi connectivity index (χ4v) is 1.18. The van der Waals surface area contributed by atoms with Crippen molar-refractivity contribution in [2.24, 2.45) is 0 Å². The molecule has 0 fully saturated rings. The molecule has 0 aliphatic heterocycles. The molecule has 0 amide bonds. The number of esters is 1. The van der Waals surface area contributed by atoms with Crippen LogP contribution in [-0.2, 0) is 9.53 Å². The van der Waals surface area contributed by atoms with Crippen LogP contribution in [0.3, 0.4) is 0 Å². The molecule has 0 radical (unpaired) electrons. The van der Waals surface area contributed by atoms with E-state index in [0.717, 1.165) is 0 Å². The van der Waals surface area contributed by atoms with Crippen molar-refractivity contribution in [3.63, 3.8) is 0 Å². The van der Waals surface area contributed by atoms with Gasteiger partial charge in [-0.15, -0.1) is 0 Å². The van der Waals surface area contributed by atoms with Gasteiger partial charge in [0.25, 0.3) is 0 Å². The Labute approximate surface area is 104 Å². The van der Waals surface area contributed by atoms with Gasteiger partial charge in [0.05, 0.1) is 19.6 Å². The second-order valence-corrected chi connectivity index (χ2v) is 3.30. The first kappa shape index (κ1) is 15.2. The Balaban J connectivity index is 2.82. The van der Waals surface area contributed by atoms with Crippen LogP contribution in [-0.4, -0.2) is 19.2 Å². The highest BCUT2D eigenvalue weighted by atomic mass is 19.2. The Hall–Kier alpha value is -1.86. The second-order valence-electron chi connectivity index (χ2n) is 3.30. The smallest absolute Gasteiger partial charge is 0.309 e. The van der Waals surface area contributed by atoms with Crippen molar-refractivity contribution < 1.29 is 36.2 Å². The molecular formula is C11H9F5O3. The summed E-state index contributed by atoms with van der Waals surface area (Å²) in [6, 6.07) is 0. The second kappa shape index (κ2) is 6.35. The van der Waals surface area contributed by atoms with E-state index in [2.05, 4.69) is 9.47 Å². The number of ether oxygens (including phenoxy) is 2. The summed E-state index contributed by atoms with van der Waals surface area (Å²) in [4.78, 5) is 10.9. The largest absolute Gasteiger partial charge is 0.487 e. The molecule has 1 aromatic carbocycles. The van der Waals surface area contributed by atoms with Crippen molar-refractivity contribution in [3.8, 4) is 5.75 Å². The van der Waals surface area contributed by atoms with Crippen LogP contribution in [0.15, 0.2) is 0 Å². The Morgan fingerprint density at radius 2 is 1.42 bits per heavy atom. The summed E-state index contributed by atoms with van der Waals surface area (Å²) in [7, 11) is 0. The molecule has 1 aromatic rings. The molecule has 1 rings (SSSR count). The maximum Gasteiger partial charge on any atom is 0.309 e. The predicted octanol–water partition coefficient (Wildman–Crippen LogP) is 2.71. The third kappa shape index (κ3) is 3.33. The highest BCUT2D eigenvalue weighted by Gasteiger charge is 2.27. The molecule has 0 saturated heterocycles. The Bertz CT molecular complexity index is 461. The van der Waals surface area contributed by atoms with E-state index in [1.165, 1.54) is 0 Å². The lowest BCUT2D eigenvalue weighted by Crippen LogP contribution is -2.12. The Kier molecular flexibility index (Phi) is 5.08. The van der Waals surface area contributed by atoms with Crippen LogP contribution in [0.2, 0.25) is 0 Å². The minimum atomic E-state index is -2.27. The van der Waals surface area contributed by atoms with E-state index in [1.807, 2.05) is 0 Å². The number of carbonyl (C=O) groups is 1. The predicted molar refractivity (Wildman–Crippen MR) is 53.0 cm³/mol. The summed E-state index contributed by atoms with van der Waals surface area (Å²) < 4.78 is 73.4. The van der Waals surface area contributed by atoms with Crippen LogP contribution in [0.25, 0.3) is 0 Å². The number of rotatable bonds is 5. The first-order valence-corrected chi connectivity index (χ1v) is 5.20. The lowest BCUT2D eigenvalue weighted by Gasteiger charge is -2.09. The van der Waals surface area contributed by atoms with Gasteiger partial charge in [-0.2, -0.15) is 8.78 Å². The van der Waals surface area contributed by atoms with Crippen molar-refractivity contribution in [2.75, 3.05) is 13.2 Å². The zero-order chi connectivity index (χ0) is 14.6. The first-order chi connectivity index (χ1) is 8.90. The fourth-order valence-electron chi connectivity index (χ4n) is 1.18. The maximum absolute atomic E-state index is 13.1. The van der Waals surface area contributed by atoms with Crippen molar-refractivity contribution in [1.29, 1.82) is 0 Å². The van der Waals surface area contributed by atoms with E-state index >= 15 is 0 Å². The third-order valence-corrected chi connectivity index (χ3v) is 2.03. The van der Waals surface area contributed by atoms with Crippen LogP contribution in [0.4, 0.5) is 22.0 Å². The molecule has 0 N–H and O–H groups in total. The molecule has 0 unspecified atom stereocenters. The first-order valence-electron chi connectivity index (χ1n) is 5.20. The van der Waals surface area contributed by atoms with Crippen molar-refractivity contribution in [3.05, 3.63) is 29.1 Å². The average Bonchev–Trinajstić information content (AvgIpc) is 2.38. The topological polar surface area (TPSA) is 35.5 Å². The molecule has 0 aliphatic rings. The molecule has 3 nitrogen and oxygen atoms in total. The lowest BCUT2D eigenvalue weighted by molar-refractivity contribution is -0.143. The van der Waals surface area contributed by atoms with E-state index < -0.39 is 47.4 Å². The molecule has 0 atom stereocenters. The van der Waals surface area contributed by atoms with Gasteiger partial charge in [-0.05, 0) is 6.92 Å². The SMILES string of the molecule is CCOC(=O)CCOc1c(F)c(F)c(F)c(F)c1F. The Morgan fingerprint density at radius 1 is 0.947 bits per heavy atom. The van der Waals surface area contributed by atoms with E-state index in [-0.39, 0.29) is 13.0 Å². The van der Waals surface area contributed by atoms with E-state index in [9.17, 15) is 26.7 Å². The minimum Gasteiger partial charge on any atom is -0.487 e. The molecule has 19 heavy (non-hydrogen) atoms. The molecule has 106 valence electrons. The van der Waals surface area contributed by atoms with Gasteiger partial charge >= 0.3 is 5.97 Å². The van der Waals surface area contributed by atoms with Gasteiger partial charge in [0.15, 0.2) is 5.75 Å². The number of halogens is 5. The van der Waals surface area contributed by atoms with Crippen LogP contribution >= 0.6 is 0 Å². The minimum absolute atomic E-state index is 0.0986. The molecule has 0 bridgehead atoms. The summed E-state index contributed by atoms with van der Waals surface area (Å²) in [6.07, 6.45) is -0.382. The summed E-state index contributed by atoms with van der Waals surface area (Å²) >= 11 is 0. The normalized spacial score (nSPS) is 10.4. The zero-order valence-electron chi connectivity index (χ0n) is 9.74. The summed E-state index contributed by atoms with van der Waals surface area (Å²) in [6.45, 7) is 1.07. The highest BCUT2D eigenvalue weighted by Crippen LogP contribution is 2.29. The van der Waals surface area contributed by atoms with Gasteiger partial charge in [-0.1, -0.05) is 0 Å². The third-order valence-electron chi connectivity index (χ3n) is 2.03. The summed E-state index contributed by atoms with van der Waals surface area (Å²) in [5, 5.41) is 0. The van der Waals surface area contributed by atoms with E-state index in [4.69, 9.17) is 0 Å². The molecule has 0 heterocycles. The van der Waals surface area contributed by atoms with E-state index in [1.54, 1.807) is 6.92 Å². The number of benzene rings is 1. The zero-order valence-corrected chi connectivity index (χ0v) is 9.74. The van der Waals surface area contributed by atoms with Crippen LogP contribution < -0.4 is 4.74 Å². The molecule has 0 saturated carbocycles. The summed E-state index contributed by atoms with van der Waals surface area (Å²) in [5.41, 5.74) is 0. The van der Waals surface area contributed by atoms with Gasteiger partial charge in [0.1, 0.15) is 0 Å². The van der Waals surface area contributed by atoms with Crippen molar-refractivity contribution in [2.45, 2.75) is 13.3 Å². The standard InChI is InChI=1S/C11H9F5O3/c1-2-18-5(17)3-4-19-11-9(15)7(13)6(12)8(14)10(11)16/h2-4H2,1H3. The molecule has 0 aromatic heterocycles. The van der Waals surface area contributed by atoms with Crippen LogP contribution in [0, 0.1) is 29.1 Å². The van der Waals surface area contributed by atoms with Gasteiger partial charge in [-0.3, -0.25) is 4.79 Å². The Morgan fingerprint density at radius 3 is 1.89 bits per heavy atom. The fraction of sp³-hybridized carbons (Fsp3) is 0.364. The molecular weight excluding hydrogens is 275 g/mol. The molecule has 8 heteroatoms. The van der Waals surface area contributed by atoms with Gasteiger partial charge < -0.3 is 9.47 Å². The van der Waals surface area contributed by atoms with Gasteiger partial charge in [-0.25, -0.2) is 13.2 Å². The number of carbonyl (C=O) groups excluding carboxylic acids is 1. The number of hydrogen-bond acceptors (Lipinski definition) is 3. The molecule has 0 spiro atoms. The van der Waals surface area contributed by atoms with Gasteiger partial charge in [0.2, 0.25) is 29.1 Å². The van der Waals surface area contributed by atoms with E-state index in [0.29, 0.717) is 0 Å². The van der Waals surface area contributed by atoms with Gasteiger partial charge in [0, 0.05) is 0 Å². The lowest BCUT2D eigenvalue weighted by atomic mass is 10.2. The summed E-state index contributed by atoms with van der Waals surface area (Å²) in [5.74, 6) is -12.8. The monoisotopic (exact) mass is 284 g/mol. The average molecular weight is 284 g/mol. The van der Waals surface area contributed by atoms with Crippen molar-refractivity contribution >= 4 is 5.97 Å².